The smallest absolute Gasteiger partial charge is 0.379 e. The molecular weight excluding hydrogens is 302 g/mol. The van der Waals surface area contributed by atoms with E-state index in [0.29, 0.717) is 0 Å². The SMILES string of the molecule is CC(=N/Oc1c(C)no[n+]1[O-])/C(N)=N/Oc1no[n+]([O-])c1C. The molecule has 118 valence electrons. The molecule has 0 saturated heterocycles. The van der Waals surface area contributed by atoms with Crippen molar-refractivity contribution in [2.24, 2.45) is 16.0 Å². The van der Waals surface area contributed by atoms with Crippen LogP contribution in [-0.4, -0.2) is 21.9 Å². The minimum atomic E-state index is -0.243. The van der Waals surface area contributed by atoms with Crippen molar-refractivity contribution in [1.82, 2.24) is 10.3 Å². The normalized spacial score (nSPS) is 12.5. The fourth-order valence-corrected chi connectivity index (χ4v) is 1.09. The van der Waals surface area contributed by atoms with Crippen molar-refractivity contribution in [3.8, 4) is 11.8 Å². The number of nitrogens with zero attached hydrogens (tertiary/aromatic N) is 6. The zero-order valence-electron chi connectivity index (χ0n) is 11.7. The van der Waals surface area contributed by atoms with E-state index >= 15 is 0 Å². The molecule has 0 bridgehead atoms. The zero-order chi connectivity index (χ0) is 16.3. The van der Waals surface area contributed by atoms with Gasteiger partial charge in [-0.05, 0) is 11.8 Å². The molecule has 2 N–H and O–H groups in total. The molecule has 0 amide bonds. The zero-order valence-corrected chi connectivity index (χ0v) is 11.7. The molecule has 0 saturated carbocycles. The van der Waals surface area contributed by atoms with Crippen LogP contribution in [0.15, 0.2) is 19.6 Å². The van der Waals surface area contributed by atoms with E-state index in [1.165, 1.54) is 20.8 Å². The molecule has 13 heteroatoms. The van der Waals surface area contributed by atoms with Gasteiger partial charge in [-0.15, -0.1) is 0 Å². The summed E-state index contributed by atoms with van der Waals surface area (Å²) in [5.74, 6) is -0.571. The standard InChI is InChI=1S/C9H11N7O6/c1-4(11-20-9-5(2)12-21-16(9)18)7(10)13-19-8-6(3)15(17)22-14-8/h1-3H3,(H2,10,13)/b11-4-. The molecule has 2 rings (SSSR count). The van der Waals surface area contributed by atoms with Crippen molar-refractivity contribution in [3.63, 3.8) is 0 Å². The average molecular weight is 313 g/mol. The Morgan fingerprint density at radius 3 is 2.36 bits per heavy atom. The Labute approximate surface area is 122 Å². The topological polar surface area (TPSA) is 175 Å². The summed E-state index contributed by atoms with van der Waals surface area (Å²) >= 11 is 0. The molecular formula is C9H11N7O6. The molecule has 13 nitrogen and oxygen atoms in total. The molecule has 0 aliphatic rings. The van der Waals surface area contributed by atoms with Crippen LogP contribution in [0.3, 0.4) is 0 Å². The lowest BCUT2D eigenvalue weighted by Gasteiger charge is -1.98. The Morgan fingerprint density at radius 2 is 1.82 bits per heavy atom. The molecule has 0 aliphatic heterocycles. The highest BCUT2D eigenvalue weighted by molar-refractivity contribution is 6.39. The minimum absolute atomic E-state index is 0.0434. The summed E-state index contributed by atoms with van der Waals surface area (Å²) in [6.45, 7) is 4.35. The van der Waals surface area contributed by atoms with E-state index in [2.05, 4.69) is 29.9 Å². The van der Waals surface area contributed by atoms with Gasteiger partial charge in [-0.2, -0.15) is 0 Å². The van der Waals surface area contributed by atoms with Crippen LogP contribution < -0.4 is 25.2 Å². The molecule has 2 heterocycles. The van der Waals surface area contributed by atoms with Crippen molar-refractivity contribution in [3.05, 3.63) is 21.8 Å². The minimum Gasteiger partial charge on any atom is -0.379 e. The largest absolute Gasteiger partial charge is 0.423 e. The molecule has 22 heavy (non-hydrogen) atoms. The van der Waals surface area contributed by atoms with Gasteiger partial charge >= 0.3 is 11.8 Å². The predicted octanol–water partition coefficient (Wildman–Crippen LogP) is -1.35. The third-order valence-corrected chi connectivity index (χ3v) is 2.38. The maximum atomic E-state index is 11.1. The summed E-state index contributed by atoms with van der Waals surface area (Å²) in [5.41, 5.74) is 5.95. The number of oxime groups is 2. The van der Waals surface area contributed by atoms with Crippen LogP contribution in [-0.2, 0) is 0 Å². The fourth-order valence-electron chi connectivity index (χ4n) is 1.09. The van der Waals surface area contributed by atoms with Gasteiger partial charge in [0.1, 0.15) is 5.71 Å². The van der Waals surface area contributed by atoms with Gasteiger partial charge in [0, 0.05) is 23.9 Å². The van der Waals surface area contributed by atoms with Gasteiger partial charge in [-0.25, -0.2) is 0 Å². The lowest BCUT2D eigenvalue weighted by molar-refractivity contribution is -0.806. The first kappa shape index (κ1) is 15.0. The third kappa shape index (κ3) is 3.02. The summed E-state index contributed by atoms with van der Waals surface area (Å²) < 4.78 is 8.57. The summed E-state index contributed by atoms with van der Waals surface area (Å²) in [6.07, 6.45) is 0. The summed E-state index contributed by atoms with van der Waals surface area (Å²) in [4.78, 5) is 9.86. The lowest BCUT2D eigenvalue weighted by atomic mass is 10.4. The van der Waals surface area contributed by atoms with Crippen LogP contribution in [0.4, 0.5) is 0 Å². The molecule has 0 aromatic carbocycles. The van der Waals surface area contributed by atoms with Crippen LogP contribution in [0.5, 0.6) is 11.8 Å². The molecule has 0 radical (unpaired) electrons. The maximum absolute atomic E-state index is 11.1. The van der Waals surface area contributed by atoms with Gasteiger partial charge in [-0.1, -0.05) is 10.3 Å². The Morgan fingerprint density at radius 1 is 1.14 bits per heavy atom. The molecule has 0 atom stereocenters. The summed E-state index contributed by atoms with van der Waals surface area (Å²) in [7, 11) is 0. The number of hydrogen-bond donors (Lipinski definition) is 1. The average Bonchev–Trinajstić information content (AvgIpc) is 2.98. The second kappa shape index (κ2) is 5.94. The highest BCUT2D eigenvalue weighted by atomic mass is 16.8. The molecule has 0 unspecified atom stereocenters. The number of aryl methyl sites for hydroxylation is 1. The van der Waals surface area contributed by atoms with Gasteiger partial charge in [0.25, 0.3) is 5.69 Å². The number of nitrogens with two attached hydrogens (primary N) is 1. The van der Waals surface area contributed by atoms with Gasteiger partial charge < -0.3 is 25.8 Å². The summed E-state index contributed by atoms with van der Waals surface area (Å²) in [6, 6.07) is 0. The van der Waals surface area contributed by atoms with Gasteiger partial charge in [-0.3, -0.25) is 9.26 Å². The van der Waals surface area contributed by atoms with Gasteiger partial charge in [0.15, 0.2) is 5.84 Å². The highest BCUT2D eigenvalue weighted by Crippen LogP contribution is 2.09. The second-order valence-electron chi connectivity index (χ2n) is 3.98. The first-order valence-corrected chi connectivity index (χ1v) is 5.75. The number of rotatable bonds is 5. The number of amidine groups is 1. The maximum Gasteiger partial charge on any atom is 0.423 e. The highest BCUT2D eigenvalue weighted by Gasteiger charge is 2.18. The van der Waals surface area contributed by atoms with Crippen LogP contribution in [0.2, 0.25) is 0 Å². The Hall–Kier alpha value is -3.38. The Balaban J connectivity index is 2.05. The van der Waals surface area contributed by atoms with E-state index in [-0.39, 0.29) is 44.5 Å². The van der Waals surface area contributed by atoms with E-state index in [0.717, 1.165) is 0 Å². The van der Waals surface area contributed by atoms with E-state index in [1.54, 1.807) is 0 Å². The van der Waals surface area contributed by atoms with Crippen molar-refractivity contribution < 1.29 is 28.7 Å². The third-order valence-electron chi connectivity index (χ3n) is 2.38. The Kier molecular flexibility index (Phi) is 4.06. The van der Waals surface area contributed by atoms with E-state index < -0.39 is 0 Å². The second-order valence-corrected chi connectivity index (χ2v) is 3.98. The van der Waals surface area contributed by atoms with Gasteiger partial charge in [0.2, 0.25) is 5.69 Å². The van der Waals surface area contributed by atoms with Crippen molar-refractivity contribution >= 4 is 11.5 Å². The van der Waals surface area contributed by atoms with Crippen molar-refractivity contribution in [2.45, 2.75) is 20.8 Å². The first-order chi connectivity index (χ1) is 10.4. The van der Waals surface area contributed by atoms with Crippen molar-refractivity contribution in [1.29, 1.82) is 0 Å². The van der Waals surface area contributed by atoms with Crippen LogP contribution in [0.25, 0.3) is 0 Å². The first-order valence-electron chi connectivity index (χ1n) is 5.75. The van der Waals surface area contributed by atoms with E-state index in [4.69, 9.17) is 15.4 Å². The fraction of sp³-hybridized carbons (Fsp3) is 0.333. The van der Waals surface area contributed by atoms with Crippen LogP contribution in [0.1, 0.15) is 18.3 Å². The Bertz CT molecular complexity index is 713. The molecule has 0 fully saturated rings. The monoisotopic (exact) mass is 313 g/mol. The van der Waals surface area contributed by atoms with Crippen LogP contribution in [0, 0.1) is 24.3 Å². The predicted molar refractivity (Wildman–Crippen MR) is 66.4 cm³/mol. The molecule has 0 spiro atoms. The van der Waals surface area contributed by atoms with Gasteiger partial charge in [0.05, 0.1) is 5.16 Å². The molecule has 0 aliphatic carbocycles. The number of aromatic nitrogens is 4. The quantitative estimate of drug-likeness (QED) is 0.302. The summed E-state index contributed by atoms with van der Waals surface area (Å²) in [5, 5.41) is 35.8. The van der Waals surface area contributed by atoms with Crippen molar-refractivity contribution in [2.75, 3.05) is 0 Å². The van der Waals surface area contributed by atoms with E-state index in [9.17, 15) is 10.4 Å². The molecule has 2 aromatic heterocycles. The molecule has 2 aromatic rings. The van der Waals surface area contributed by atoms with Crippen LogP contribution >= 0.6 is 0 Å². The van der Waals surface area contributed by atoms with E-state index in [1.807, 2.05) is 0 Å². The number of hydrogen-bond acceptors (Lipinski definition) is 10. The lowest BCUT2D eigenvalue weighted by Crippen LogP contribution is -2.27.